The summed E-state index contributed by atoms with van der Waals surface area (Å²) >= 11 is 14.0. The number of hydrogen-bond acceptors (Lipinski definition) is 5. The lowest BCUT2D eigenvalue weighted by Gasteiger charge is -2.35. The van der Waals surface area contributed by atoms with Gasteiger partial charge in [-0.15, -0.1) is 11.3 Å². The number of anilines is 1. The molecule has 1 saturated heterocycles. The Morgan fingerprint density at radius 3 is 2.70 bits per heavy atom. The van der Waals surface area contributed by atoms with Crippen LogP contribution in [-0.2, 0) is 6.54 Å². The van der Waals surface area contributed by atoms with Crippen molar-refractivity contribution in [2.45, 2.75) is 6.54 Å². The van der Waals surface area contributed by atoms with Crippen molar-refractivity contribution in [1.82, 2.24) is 15.1 Å². The molecule has 0 unspecified atom stereocenters. The van der Waals surface area contributed by atoms with E-state index in [1.54, 1.807) is 17.5 Å². The van der Waals surface area contributed by atoms with Gasteiger partial charge in [0.1, 0.15) is 5.02 Å². The number of nitrogens with one attached hydrogen (secondary N) is 1. The molecule has 0 radical (unpaired) electrons. The summed E-state index contributed by atoms with van der Waals surface area (Å²) in [6.07, 6.45) is 1.62. The molecule has 0 atom stereocenters. The number of piperazine rings is 1. The van der Waals surface area contributed by atoms with Gasteiger partial charge in [0.05, 0.1) is 11.9 Å². The maximum atomic E-state index is 11.6. The second-order valence-corrected chi connectivity index (χ2v) is 8.42. The lowest BCUT2D eigenvalue weighted by Crippen LogP contribution is -2.46. The summed E-state index contributed by atoms with van der Waals surface area (Å²) in [6, 6.07) is 12.3. The van der Waals surface area contributed by atoms with E-state index in [4.69, 9.17) is 23.2 Å². The predicted octanol–water partition coefficient (Wildman–Crippen LogP) is 4.13. The molecule has 0 saturated carbocycles. The van der Waals surface area contributed by atoms with Gasteiger partial charge in [-0.3, -0.25) is 9.69 Å². The molecule has 140 valence electrons. The molecule has 0 bridgehead atoms. The number of rotatable bonds is 4. The fourth-order valence-corrected chi connectivity index (χ4v) is 4.67. The Bertz CT molecular complexity index is 995. The van der Waals surface area contributed by atoms with Gasteiger partial charge in [-0.05, 0) is 29.8 Å². The van der Waals surface area contributed by atoms with E-state index in [0.717, 1.165) is 43.3 Å². The summed E-state index contributed by atoms with van der Waals surface area (Å²) in [4.78, 5) is 18.7. The molecule has 0 amide bonds. The molecule has 3 aromatic rings. The highest BCUT2D eigenvalue weighted by Crippen LogP contribution is 2.31. The van der Waals surface area contributed by atoms with Gasteiger partial charge in [0.15, 0.2) is 0 Å². The molecule has 0 aliphatic carbocycles. The Morgan fingerprint density at radius 2 is 1.93 bits per heavy atom. The topological polar surface area (TPSA) is 52.2 Å². The quantitative estimate of drug-likeness (QED) is 0.689. The second-order valence-electron chi connectivity index (χ2n) is 6.44. The summed E-state index contributed by atoms with van der Waals surface area (Å²) < 4.78 is 0. The third-order valence-corrected chi connectivity index (χ3v) is 6.36. The molecular formula is C19H18Cl2N4OS. The van der Waals surface area contributed by atoms with E-state index in [0.29, 0.717) is 5.69 Å². The van der Waals surface area contributed by atoms with Crippen molar-refractivity contribution in [3.63, 3.8) is 0 Å². The highest BCUT2D eigenvalue weighted by atomic mass is 35.5. The van der Waals surface area contributed by atoms with Gasteiger partial charge >= 0.3 is 0 Å². The summed E-state index contributed by atoms with van der Waals surface area (Å²) in [6.45, 7) is 4.37. The zero-order chi connectivity index (χ0) is 18.8. The van der Waals surface area contributed by atoms with Crippen LogP contribution in [-0.4, -0.2) is 41.3 Å². The van der Waals surface area contributed by atoms with Crippen LogP contribution in [0.15, 0.2) is 47.4 Å². The van der Waals surface area contributed by atoms with E-state index >= 15 is 0 Å². The third-order valence-electron chi connectivity index (χ3n) is 4.64. The van der Waals surface area contributed by atoms with Crippen LogP contribution < -0.4 is 10.5 Å². The van der Waals surface area contributed by atoms with E-state index in [9.17, 15) is 4.79 Å². The van der Waals surface area contributed by atoms with Crippen molar-refractivity contribution in [2.24, 2.45) is 0 Å². The fourth-order valence-electron chi connectivity index (χ4n) is 3.22. The van der Waals surface area contributed by atoms with Crippen LogP contribution in [0.5, 0.6) is 0 Å². The SMILES string of the molecule is O=c1[nH]ncc(N2CCN(Cc3ccc(-c4cccc(Cl)c4)s3)CC2)c1Cl. The minimum absolute atomic E-state index is 0.211. The van der Waals surface area contributed by atoms with Crippen molar-refractivity contribution in [2.75, 3.05) is 31.1 Å². The minimum atomic E-state index is -0.344. The van der Waals surface area contributed by atoms with Crippen LogP contribution in [0.1, 0.15) is 4.88 Å². The molecule has 1 aliphatic rings. The maximum Gasteiger partial charge on any atom is 0.285 e. The number of thiophene rings is 1. The summed E-state index contributed by atoms with van der Waals surface area (Å²) in [5, 5.41) is 7.19. The Morgan fingerprint density at radius 1 is 1.11 bits per heavy atom. The Labute approximate surface area is 171 Å². The molecule has 1 aromatic carbocycles. The Hall–Kier alpha value is -1.86. The van der Waals surface area contributed by atoms with Crippen LogP contribution in [0.25, 0.3) is 10.4 Å². The van der Waals surface area contributed by atoms with Crippen molar-refractivity contribution < 1.29 is 0 Å². The van der Waals surface area contributed by atoms with Crippen molar-refractivity contribution in [3.05, 3.63) is 67.9 Å². The molecule has 27 heavy (non-hydrogen) atoms. The molecule has 0 spiro atoms. The predicted molar refractivity (Wildman–Crippen MR) is 112 cm³/mol. The minimum Gasteiger partial charge on any atom is -0.366 e. The average Bonchev–Trinajstić information content (AvgIpc) is 3.13. The van der Waals surface area contributed by atoms with Crippen LogP contribution >= 0.6 is 34.5 Å². The largest absolute Gasteiger partial charge is 0.366 e. The van der Waals surface area contributed by atoms with E-state index in [1.165, 1.54) is 9.75 Å². The highest BCUT2D eigenvalue weighted by molar-refractivity contribution is 7.15. The highest BCUT2D eigenvalue weighted by Gasteiger charge is 2.21. The van der Waals surface area contributed by atoms with Crippen molar-refractivity contribution in [3.8, 4) is 10.4 Å². The number of benzene rings is 1. The van der Waals surface area contributed by atoms with E-state index < -0.39 is 0 Å². The number of aromatic nitrogens is 2. The molecule has 1 aliphatic heterocycles. The van der Waals surface area contributed by atoms with E-state index in [-0.39, 0.29) is 10.6 Å². The summed E-state index contributed by atoms with van der Waals surface area (Å²) in [5.41, 5.74) is 1.52. The van der Waals surface area contributed by atoms with Gasteiger partial charge in [-0.2, -0.15) is 5.10 Å². The maximum absolute atomic E-state index is 11.6. The van der Waals surface area contributed by atoms with E-state index in [1.807, 2.05) is 18.2 Å². The normalized spacial score (nSPS) is 15.3. The molecular weight excluding hydrogens is 403 g/mol. The average molecular weight is 421 g/mol. The van der Waals surface area contributed by atoms with Crippen LogP contribution in [0.2, 0.25) is 10.0 Å². The van der Waals surface area contributed by atoms with Gasteiger partial charge in [0.25, 0.3) is 5.56 Å². The third kappa shape index (κ3) is 4.19. The molecule has 5 nitrogen and oxygen atoms in total. The number of aromatic amines is 1. The first-order valence-corrected chi connectivity index (χ1v) is 10.2. The number of halogens is 2. The van der Waals surface area contributed by atoms with Crippen LogP contribution in [0.3, 0.4) is 0 Å². The molecule has 4 rings (SSSR count). The van der Waals surface area contributed by atoms with Gasteiger partial charge in [-0.25, -0.2) is 5.10 Å². The van der Waals surface area contributed by atoms with Gasteiger partial charge in [-0.1, -0.05) is 35.3 Å². The first-order valence-electron chi connectivity index (χ1n) is 8.65. The van der Waals surface area contributed by atoms with Crippen LogP contribution in [0.4, 0.5) is 5.69 Å². The van der Waals surface area contributed by atoms with Gasteiger partial charge < -0.3 is 4.90 Å². The van der Waals surface area contributed by atoms with Crippen LogP contribution in [0, 0.1) is 0 Å². The number of nitrogens with zero attached hydrogens (tertiary/aromatic N) is 3. The lowest BCUT2D eigenvalue weighted by molar-refractivity contribution is 0.252. The fraction of sp³-hybridized carbons (Fsp3) is 0.263. The second kappa shape index (κ2) is 8.02. The zero-order valence-corrected chi connectivity index (χ0v) is 16.8. The van der Waals surface area contributed by atoms with Gasteiger partial charge in [0.2, 0.25) is 0 Å². The standard InChI is InChI=1S/C19H18Cl2N4OS/c20-14-3-1-2-13(10-14)17-5-4-15(27-17)12-24-6-8-25(9-7-24)16-11-22-23-19(26)18(16)21/h1-5,10-11H,6-9,12H2,(H,23,26). The molecule has 1 fully saturated rings. The summed E-state index contributed by atoms with van der Waals surface area (Å²) in [7, 11) is 0. The molecule has 3 heterocycles. The number of H-pyrrole nitrogens is 1. The Balaban J connectivity index is 1.38. The van der Waals surface area contributed by atoms with Crippen molar-refractivity contribution >= 4 is 40.2 Å². The summed E-state index contributed by atoms with van der Waals surface area (Å²) in [5.74, 6) is 0. The molecule has 1 N–H and O–H groups in total. The lowest BCUT2D eigenvalue weighted by atomic mass is 10.2. The Kier molecular flexibility index (Phi) is 5.50. The first kappa shape index (κ1) is 18.5. The monoisotopic (exact) mass is 420 g/mol. The number of hydrogen-bond donors (Lipinski definition) is 1. The zero-order valence-electron chi connectivity index (χ0n) is 14.5. The van der Waals surface area contributed by atoms with Gasteiger partial charge in [0, 0.05) is 47.5 Å². The molecule has 2 aromatic heterocycles. The smallest absolute Gasteiger partial charge is 0.285 e. The first-order chi connectivity index (χ1) is 13.1. The van der Waals surface area contributed by atoms with E-state index in [2.05, 4.69) is 38.2 Å². The van der Waals surface area contributed by atoms with Crippen molar-refractivity contribution in [1.29, 1.82) is 0 Å². The molecule has 8 heteroatoms.